The smallest absolute Gasteiger partial charge is 0.379 e. The molecular weight excluding hydrogens is 492 g/mol. The van der Waals surface area contributed by atoms with E-state index in [0.29, 0.717) is 34.8 Å². The summed E-state index contributed by atoms with van der Waals surface area (Å²) in [6.45, 7) is 6.54. The summed E-state index contributed by atoms with van der Waals surface area (Å²) < 4.78 is 23.4. The molecular formula is C32H30N2O5. The van der Waals surface area contributed by atoms with Crippen molar-refractivity contribution in [3.8, 4) is 23.3 Å². The maximum Gasteiger partial charge on any atom is 0.379 e. The van der Waals surface area contributed by atoms with Crippen LogP contribution in [0.2, 0.25) is 0 Å². The van der Waals surface area contributed by atoms with Crippen molar-refractivity contribution >= 4 is 16.9 Å². The van der Waals surface area contributed by atoms with Gasteiger partial charge in [-0.3, -0.25) is 0 Å². The number of hydrogen-bond acceptors (Lipinski definition) is 7. The van der Waals surface area contributed by atoms with Gasteiger partial charge in [0.05, 0.1) is 12.5 Å². The first-order valence-electron chi connectivity index (χ1n) is 13.1. The van der Waals surface area contributed by atoms with Crippen LogP contribution in [0.15, 0.2) is 76.5 Å². The minimum absolute atomic E-state index is 0.00256. The Hall–Kier alpha value is -4.70. The molecule has 1 atom stereocenters. The van der Waals surface area contributed by atoms with E-state index in [1.807, 2.05) is 56.3 Å². The van der Waals surface area contributed by atoms with Gasteiger partial charge in [-0.2, -0.15) is 5.26 Å². The predicted octanol–water partition coefficient (Wildman–Crippen LogP) is 7.06. The number of ether oxygens (including phenoxy) is 3. The fourth-order valence-corrected chi connectivity index (χ4v) is 4.89. The number of benzene rings is 3. The largest absolute Gasteiger partial charge is 0.493 e. The van der Waals surface area contributed by atoms with Crippen LogP contribution in [0.1, 0.15) is 64.9 Å². The molecule has 0 radical (unpaired) electrons. The van der Waals surface area contributed by atoms with Crippen molar-refractivity contribution < 1.29 is 23.4 Å². The summed E-state index contributed by atoms with van der Waals surface area (Å²) in [5.41, 5.74) is 10.5. The molecule has 0 fully saturated rings. The van der Waals surface area contributed by atoms with Crippen LogP contribution in [-0.4, -0.2) is 12.6 Å². The Morgan fingerprint density at radius 1 is 1.05 bits per heavy atom. The lowest BCUT2D eigenvalue weighted by molar-refractivity contribution is 0.0702. The van der Waals surface area contributed by atoms with E-state index in [9.17, 15) is 10.1 Å². The van der Waals surface area contributed by atoms with E-state index in [1.54, 1.807) is 18.2 Å². The number of hydrogen-bond donors (Lipinski definition) is 1. The summed E-state index contributed by atoms with van der Waals surface area (Å²) >= 11 is 0. The zero-order valence-corrected chi connectivity index (χ0v) is 22.2. The van der Waals surface area contributed by atoms with Crippen LogP contribution in [-0.2, 0) is 0 Å². The van der Waals surface area contributed by atoms with E-state index in [1.165, 1.54) is 0 Å². The molecule has 1 aromatic heterocycles. The second kappa shape index (κ2) is 11.0. The molecule has 0 saturated heterocycles. The number of furan rings is 1. The van der Waals surface area contributed by atoms with Gasteiger partial charge in [-0.15, -0.1) is 0 Å². The number of rotatable bonds is 8. The summed E-state index contributed by atoms with van der Waals surface area (Å²) in [7, 11) is 0. The molecule has 39 heavy (non-hydrogen) atoms. The van der Waals surface area contributed by atoms with Gasteiger partial charge in [-0.25, -0.2) is 4.79 Å². The minimum Gasteiger partial charge on any atom is -0.493 e. The molecule has 5 rings (SSSR count). The number of carbonyl (C=O) groups excluding carboxylic acids is 1. The van der Waals surface area contributed by atoms with Gasteiger partial charge < -0.3 is 24.4 Å². The van der Waals surface area contributed by atoms with Crippen LogP contribution in [0.3, 0.4) is 0 Å². The Bertz CT molecular complexity index is 1630. The number of para-hydroxylation sites is 1. The number of aryl methyl sites for hydroxylation is 2. The lowest BCUT2D eigenvalue weighted by atomic mass is 9.83. The van der Waals surface area contributed by atoms with Gasteiger partial charge in [0.25, 0.3) is 0 Å². The average molecular weight is 523 g/mol. The zero-order chi connectivity index (χ0) is 27.5. The molecule has 0 spiro atoms. The van der Waals surface area contributed by atoms with E-state index >= 15 is 0 Å². The predicted molar refractivity (Wildman–Crippen MR) is 148 cm³/mol. The van der Waals surface area contributed by atoms with Gasteiger partial charge in [0.2, 0.25) is 11.6 Å². The topological polar surface area (TPSA) is 108 Å². The zero-order valence-electron chi connectivity index (χ0n) is 22.2. The number of nitrogens with zero attached hydrogens (tertiary/aromatic N) is 1. The van der Waals surface area contributed by atoms with Crippen molar-refractivity contribution in [2.45, 2.75) is 46.0 Å². The van der Waals surface area contributed by atoms with E-state index in [-0.39, 0.29) is 17.4 Å². The first-order chi connectivity index (χ1) is 18.9. The van der Waals surface area contributed by atoms with Crippen molar-refractivity contribution in [3.63, 3.8) is 0 Å². The lowest BCUT2D eigenvalue weighted by Gasteiger charge is -2.28. The van der Waals surface area contributed by atoms with E-state index in [0.717, 1.165) is 41.3 Å². The highest BCUT2D eigenvalue weighted by molar-refractivity contribution is 5.97. The molecule has 2 heterocycles. The summed E-state index contributed by atoms with van der Waals surface area (Å²) in [5.74, 6) is 0.408. The number of unbranched alkanes of at least 4 members (excludes halogenated alkanes) is 2. The second-order valence-electron chi connectivity index (χ2n) is 9.66. The quantitative estimate of drug-likeness (QED) is 0.150. The maximum atomic E-state index is 13.0. The summed E-state index contributed by atoms with van der Waals surface area (Å²) in [6, 6.07) is 20.7. The van der Waals surface area contributed by atoms with Crippen LogP contribution in [0.4, 0.5) is 0 Å². The molecule has 7 nitrogen and oxygen atoms in total. The van der Waals surface area contributed by atoms with Gasteiger partial charge in [0.1, 0.15) is 34.5 Å². The lowest BCUT2D eigenvalue weighted by Crippen LogP contribution is -2.21. The normalized spacial score (nSPS) is 14.5. The summed E-state index contributed by atoms with van der Waals surface area (Å²) in [5, 5.41) is 10.8. The van der Waals surface area contributed by atoms with E-state index in [4.69, 9.17) is 24.4 Å². The number of nitriles is 1. The highest BCUT2D eigenvalue weighted by atomic mass is 16.5. The Kier molecular flexibility index (Phi) is 7.29. The van der Waals surface area contributed by atoms with Crippen molar-refractivity contribution in [1.82, 2.24) is 0 Å². The molecule has 0 aliphatic carbocycles. The Morgan fingerprint density at radius 3 is 2.67 bits per heavy atom. The number of allylic oxidation sites excluding steroid dienone is 1. The summed E-state index contributed by atoms with van der Waals surface area (Å²) in [6.07, 6.45) is 3.11. The highest BCUT2D eigenvalue weighted by Crippen LogP contribution is 2.46. The number of esters is 1. The monoisotopic (exact) mass is 522 g/mol. The van der Waals surface area contributed by atoms with Gasteiger partial charge in [-0.1, -0.05) is 55.7 Å². The molecule has 7 heteroatoms. The molecule has 4 aromatic rings. The van der Waals surface area contributed by atoms with Crippen LogP contribution in [0.25, 0.3) is 11.0 Å². The average Bonchev–Trinajstić information content (AvgIpc) is 3.26. The first-order valence-corrected chi connectivity index (χ1v) is 13.1. The molecule has 1 unspecified atom stereocenters. The van der Waals surface area contributed by atoms with E-state index < -0.39 is 11.9 Å². The Balaban J connectivity index is 1.46. The Morgan fingerprint density at radius 2 is 1.87 bits per heavy atom. The molecule has 1 aliphatic rings. The minimum atomic E-state index is -0.610. The number of fused-ring (bicyclic) bond motifs is 2. The fraction of sp³-hybridized carbons (Fsp3) is 0.250. The third-order valence-electron chi connectivity index (χ3n) is 6.91. The molecule has 0 bridgehead atoms. The van der Waals surface area contributed by atoms with Crippen molar-refractivity contribution in [3.05, 3.63) is 100 Å². The molecule has 3 aromatic carbocycles. The Labute approximate surface area is 227 Å². The van der Waals surface area contributed by atoms with Gasteiger partial charge >= 0.3 is 5.97 Å². The van der Waals surface area contributed by atoms with Crippen LogP contribution >= 0.6 is 0 Å². The molecule has 1 aliphatic heterocycles. The standard InChI is InChI=1S/C32H30N2O5/c1-4-5-8-15-36-26-10-7-6-9-22(26)29-23-13-12-21(17-28(23)39-31(34)25(29)18-33)37-32(35)30-20(3)24-16-19(2)11-14-27(24)38-30/h6-7,9-14,16-17,29H,4-5,8,15,34H2,1-3H3. The number of carbonyl (C=O) groups is 1. The van der Waals surface area contributed by atoms with Crippen LogP contribution in [0.5, 0.6) is 17.2 Å². The molecule has 198 valence electrons. The SMILES string of the molecule is CCCCCOc1ccccc1C1C(C#N)=C(N)Oc2cc(OC(=O)c3oc4ccc(C)cc4c3C)ccc21. The molecule has 2 N–H and O–H groups in total. The van der Waals surface area contributed by atoms with Crippen molar-refractivity contribution in [2.75, 3.05) is 6.61 Å². The fourth-order valence-electron chi connectivity index (χ4n) is 4.89. The maximum absolute atomic E-state index is 13.0. The van der Waals surface area contributed by atoms with Crippen LogP contribution < -0.4 is 19.9 Å². The highest BCUT2D eigenvalue weighted by Gasteiger charge is 2.33. The van der Waals surface area contributed by atoms with Crippen molar-refractivity contribution in [2.24, 2.45) is 5.73 Å². The van der Waals surface area contributed by atoms with E-state index in [2.05, 4.69) is 13.0 Å². The van der Waals surface area contributed by atoms with Crippen LogP contribution in [0, 0.1) is 25.2 Å². The molecule has 0 amide bonds. The van der Waals surface area contributed by atoms with Gasteiger partial charge in [0, 0.05) is 28.1 Å². The number of nitrogens with two attached hydrogens (primary N) is 1. The third-order valence-corrected chi connectivity index (χ3v) is 6.91. The van der Waals surface area contributed by atoms with Crippen molar-refractivity contribution in [1.29, 1.82) is 5.26 Å². The first kappa shape index (κ1) is 25.9. The van der Waals surface area contributed by atoms with Gasteiger partial charge in [0.15, 0.2) is 0 Å². The summed E-state index contributed by atoms with van der Waals surface area (Å²) in [4.78, 5) is 13.0. The molecule has 0 saturated carbocycles. The third kappa shape index (κ3) is 5.06. The second-order valence-corrected chi connectivity index (χ2v) is 9.66. The van der Waals surface area contributed by atoms with Gasteiger partial charge in [-0.05, 0) is 44.5 Å².